The summed E-state index contributed by atoms with van der Waals surface area (Å²) in [5, 5.41) is 2.68. The van der Waals surface area contributed by atoms with Gasteiger partial charge in [0.1, 0.15) is 6.04 Å². The number of nitrogens with one attached hydrogen (secondary N) is 1. The highest BCUT2D eigenvalue weighted by molar-refractivity contribution is 5.95. The maximum atomic E-state index is 12.7. The summed E-state index contributed by atoms with van der Waals surface area (Å²) in [4.78, 5) is 43.2. The average Bonchev–Trinajstić information content (AvgIpc) is 3.22. The van der Waals surface area contributed by atoms with E-state index in [1.54, 1.807) is 24.0 Å². The van der Waals surface area contributed by atoms with Gasteiger partial charge in [0, 0.05) is 39.3 Å². The molecule has 29 heavy (non-hydrogen) atoms. The molecule has 2 aliphatic rings. The number of carbonyl (C=O) groups is 3. The van der Waals surface area contributed by atoms with E-state index < -0.39 is 11.9 Å². The molecule has 3 amide bonds. The molecular weight excluding hydrogens is 372 g/mol. The molecule has 3 atom stereocenters. The Kier molecular flexibility index (Phi) is 6.95. The summed E-state index contributed by atoms with van der Waals surface area (Å²) in [5.41, 5.74) is 0. The van der Waals surface area contributed by atoms with Crippen LogP contribution in [0.2, 0.25) is 0 Å². The van der Waals surface area contributed by atoms with Crippen molar-refractivity contribution in [2.24, 2.45) is 11.8 Å². The van der Waals surface area contributed by atoms with Crippen LogP contribution < -0.4 is 5.32 Å². The number of hydrogen-bond acceptors (Lipinski definition) is 5. The minimum absolute atomic E-state index is 0.116. The summed E-state index contributed by atoms with van der Waals surface area (Å²) in [7, 11) is 0. The summed E-state index contributed by atoms with van der Waals surface area (Å²) in [5.74, 6) is 0.960. The number of furan rings is 1. The van der Waals surface area contributed by atoms with Crippen LogP contribution in [0.1, 0.15) is 37.7 Å². The number of piperazine rings is 1. The Bertz CT molecular complexity index is 702. The smallest absolute Gasteiger partial charge is 0.287 e. The first-order chi connectivity index (χ1) is 13.8. The van der Waals surface area contributed by atoms with Gasteiger partial charge < -0.3 is 19.5 Å². The zero-order valence-corrected chi connectivity index (χ0v) is 17.6. The van der Waals surface area contributed by atoms with Gasteiger partial charge in [-0.05, 0) is 37.3 Å². The second-order valence-electron chi connectivity index (χ2n) is 8.52. The summed E-state index contributed by atoms with van der Waals surface area (Å²) in [6, 6.07) is 2.57. The predicted octanol–water partition coefficient (Wildman–Crippen LogP) is 1.05. The van der Waals surface area contributed by atoms with Crippen LogP contribution in [0.3, 0.4) is 0 Å². The number of carbonyl (C=O) groups excluding carboxylic acids is 3. The molecule has 0 bridgehead atoms. The molecule has 0 radical (unpaired) electrons. The first kappa shape index (κ1) is 21.4. The molecule has 3 rings (SSSR count). The number of likely N-dealkylation sites (tertiary alicyclic amines) is 1. The maximum absolute atomic E-state index is 12.7. The third kappa shape index (κ3) is 5.59. The Balaban J connectivity index is 1.43. The van der Waals surface area contributed by atoms with Crippen LogP contribution in [0.15, 0.2) is 22.8 Å². The van der Waals surface area contributed by atoms with Crippen molar-refractivity contribution in [3.05, 3.63) is 24.2 Å². The SMILES string of the molecule is CC1CC(C)CN(C(=O)CN2CCN(C(=O)C(C)NC(=O)c3ccco3)CC2)C1. The molecule has 1 N–H and O–H groups in total. The van der Waals surface area contributed by atoms with E-state index in [0.29, 0.717) is 44.6 Å². The predicted molar refractivity (Wildman–Crippen MR) is 108 cm³/mol. The highest BCUT2D eigenvalue weighted by Crippen LogP contribution is 2.21. The lowest BCUT2D eigenvalue weighted by molar-refractivity contribution is -0.137. The van der Waals surface area contributed by atoms with Crippen molar-refractivity contribution in [1.82, 2.24) is 20.0 Å². The first-order valence-corrected chi connectivity index (χ1v) is 10.5. The van der Waals surface area contributed by atoms with Crippen molar-refractivity contribution in [3.63, 3.8) is 0 Å². The Morgan fingerprint density at radius 2 is 1.76 bits per heavy atom. The van der Waals surface area contributed by atoms with E-state index in [-0.39, 0.29) is 17.6 Å². The lowest BCUT2D eigenvalue weighted by Gasteiger charge is -2.38. The summed E-state index contributed by atoms with van der Waals surface area (Å²) >= 11 is 0. The maximum Gasteiger partial charge on any atom is 0.287 e. The van der Waals surface area contributed by atoms with Gasteiger partial charge in [-0.15, -0.1) is 0 Å². The molecule has 1 aromatic heterocycles. The minimum Gasteiger partial charge on any atom is -0.459 e. The third-order valence-electron chi connectivity index (χ3n) is 5.73. The molecule has 1 aromatic rings. The highest BCUT2D eigenvalue weighted by Gasteiger charge is 2.30. The molecule has 0 aromatic carbocycles. The van der Waals surface area contributed by atoms with Crippen molar-refractivity contribution >= 4 is 17.7 Å². The number of amides is 3. The standard InChI is InChI=1S/C21H32N4O4/c1-15-11-16(2)13-25(12-15)19(26)14-23-6-8-24(9-7-23)21(28)17(3)22-20(27)18-5-4-10-29-18/h4-5,10,15-17H,6-9,11-14H2,1-3H3,(H,22,27). The van der Waals surface area contributed by atoms with Gasteiger partial charge in [0.2, 0.25) is 11.8 Å². The molecular formula is C21H32N4O4. The second kappa shape index (κ2) is 9.43. The quantitative estimate of drug-likeness (QED) is 0.793. The Morgan fingerprint density at radius 1 is 1.10 bits per heavy atom. The number of hydrogen-bond donors (Lipinski definition) is 1. The normalized spacial score (nSPS) is 24.2. The number of piperidine rings is 1. The van der Waals surface area contributed by atoms with Gasteiger partial charge in [-0.1, -0.05) is 13.8 Å². The van der Waals surface area contributed by atoms with E-state index in [0.717, 1.165) is 13.1 Å². The van der Waals surface area contributed by atoms with Gasteiger partial charge >= 0.3 is 0 Å². The lowest BCUT2D eigenvalue weighted by atomic mass is 9.92. The topological polar surface area (TPSA) is 86.1 Å². The molecule has 2 saturated heterocycles. The summed E-state index contributed by atoms with van der Waals surface area (Å²) < 4.78 is 5.06. The van der Waals surface area contributed by atoms with Crippen LogP contribution >= 0.6 is 0 Å². The fraction of sp³-hybridized carbons (Fsp3) is 0.667. The summed E-state index contributed by atoms with van der Waals surface area (Å²) in [6.45, 7) is 10.6. The van der Waals surface area contributed by atoms with Crippen LogP contribution in [0.5, 0.6) is 0 Å². The fourth-order valence-corrected chi connectivity index (χ4v) is 4.30. The highest BCUT2D eigenvalue weighted by atomic mass is 16.3. The Labute approximate surface area is 172 Å². The van der Waals surface area contributed by atoms with Crippen molar-refractivity contribution < 1.29 is 18.8 Å². The minimum atomic E-state index is -0.628. The lowest BCUT2D eigenvalue weighted by Crippen LogP contribution is -2.56. The molecule has 160 valence electrons. The Hall–Kier alpha value is -2.35. The van der Waals surface area contributed by atoms with E-state index in [1.165, 1.54) is 12.7 Å². The molecule has 8 nitrogen and oxygen atoms in total. The molecule has 2 fully saturated rings. The van der Waals surface area contributed by atoms with Crippen LogP contribution in [-0.4, -0.2) is 84.3 Å². The molecule has 0 spiro atoms. The Morgan fingerprint density at radius 3 is 2.34 bits per heavy atom. The summed E-state index contributed by atoms with van der Waals surface area (Å²) in [6.07, 6.45) is 2.60. The van der Waals surface area contributed by atoms with Gasteiger partial charge in [-0.3, -0.25) is 19.3 Å². The van der Waals surface area contributed by atoms with Crippen LogP contribution in [-0.2, 0) is 9.59 Å². The molecule has 3 unspecified atom stereocenters. The van der Waals surface area contributed by atoms with Crippen molar-refractivity contribution in [2.45, 2.75) is 33.2 Å². The zero-order valence-electron chi connectivity index (χ0n) is 17.6. The molecule has 0 aliphatic carbocycles. The van der Waals surface area contributed by atoms with Gasteiger partial charge in [-0.2, -0.15) is 0 Å². The van der Waals surface area contributed by atoms with Crippen molar-refractivity contribution in [3.8, 4) is 0 Å². The van der Waals surface area contributed by atoms with E-state index >= 15 is 0 Å². The van der Waals surface area contributed by atoms with E-state index in [1.807, 2.05) is 4.90 Å². The van der Waals surface area contributed by atoms with Gasteiger partial charge in [0.25, 0.3) is 5.91 Å². The van der Waals surface area contributed by atoms with Crippen molar-refractivity contribution in [2.75, 3.05) is 45.8 Å². The van der Waals surface area contributed by atoms with Crippen LogP contribution in [0, 0.1) is 11.8 Å². The van der Waals surface area contributed by atoms with E-state index in [4.69, 9.17) is 4.42 Å². The van der Waals surface area contributed by atoms with Crippen LogP contribution in [0.4, 0.5) is 0 Å². The van der Waals surface area contributed by atoms with Gasteiger partial charge in [0.05, 0.1) is 12.8 Å². The van der Waals surface area contributed by atoms with E-state index in [2.05, 4.69) is 24.1 Å². The molecule has 2 aliphatic heterocycles. The number of rotatable bonds is 5. The zero-order chi connectivity index (χ0) is 21.0. The third-order valence-corrected chi connectivity index (χ3v) is 5.73. The molecule has 8 heteroatoms. The van der Waals surface area contributed by atoms with Gasteiger partial charge in [0.15, 0.2) is 5.76 Å². The second-order valence-corrected chi connectivity index (χ2v) is 8.52. The number of nitrogens with zero attached hydrogens (tertiary/aromatic N) is 3. The largest absolute Gasteiger partial charge is 0.459 e. The molecule has 0 saturated carbocycles. The van der Waals surface area contributed by atoms with Crippen LogP contribution in [0.25, 0.3) is 0 Å². The van der Waals surface area contributed by atoms with Gasteiger partial charge in [-0.25, -0.2) is 0 Å². The monoisotopic (exact) mass is 404 g/mol. The van der Waals surface area contributed by atoms with Crippen molar-refractivity contribution in [1.29, 1.82) is 0 Å². The fourth-order valence-electron chi connectivity index (χ4n) is 4.30. The average molecular weight is 405 g/mol. The molecule has 3 heterocycles. The van der Waals surface area contributed by atoms with E-state index in [9.17, 15) is 14.4 Å². The first-order valence-electron chi connectivity index (χ1n) is 10.5.